The maximum atomic E-state index is 12.7. The minimum atomic E-state index is -4.45. The Morgan fingerprint density at radius 3 is 2.32 bits per heavy atom. The largest absolute Gasteiger partial charge is 0.433 e. The number of aromatic nitrogens is 3. The van der Waals surface area contributed by atoms with Crippen molar-refractivity contribution in [3.63, 3.8) is 0 Å². The maximum absolute atomic E-state index is 12.7. The third-order valence-electron chi connectivity index (χ3n) is 3.14. The first-order valence-electron chi connectivity index (χ1n) is 6.82. The van der Waals surface area contributed by atoms with Crippen molar-refractivity contribution < 1.29 is 13.2 Å². The summed E-state index contributed by atoms with van der Waals surface area (Å²) in [5, 5.41) is 0. The Hall–Kier alpha value is -2.18. The van der Waals surface area contributed by atoms with Crippen molar-refractivity contribution in [1.82, 2.24) is 15.0 Å². The molecule has 0 aliphatic carbocycles. The zero-order chi connectivity index (χ0) is 16.3. The molecule has 0 radical (unpaired) electrons. The molecular weight excluding hydrogens is 293 g/mol. The molecule has 0 aliphatic rings. The zero-order valence-corrected chi connectivity index (χ0v) is 12.6. The van der Waals surface area contributed by atoms with E-state index in [9.17, 15) is 13.2 Å². The van der Waals surface area contributed by atoms with Crippen molar-refractivity contribution >= 4 is 5.69 Å². The molecule has 0 saturated heterocycles. The summed E-state index contributed by atoms with van der Waals surface area (Å²) < 4.78 is 38.0. The highest BCUT2D eigenvalue weighted by Gasteiger charge is 2.32. The fraction of sp³-hybridized carbons (Fsp3) is 0.400. The molecule has 0 fully saturated rings. The summed E-state index contributed by atoms with van der Waals surface area (Å²) in [6, 6.07) is 2.57. The number of halogens is 3. The lowest BCUT2D eigenvalue weighted by Gasteiger charge is -2.20. The molecule has 2 heterocycles. The Morgan fingerprint density at radius 1 is 1.14 bits per heavy atom. The van der Waals surface area contributed by atoms with Gasteiger partial charge in [-0.2, -0.15) is 13.2 Å². The van der Waals surface area contributed by atoms with E-state index in [-0.39, 0.29) is 5.92 Å². The average molecular weight is 310 g/mol. The summed E-state index contributed by atoms with van der Waals surface area (Å²) in [6.45, 7) is 4.41. The molecule has 7 heteroatoms. The van der Waals surface area contributed by atoms with Gasteiger partial charge in [0.25, 0.3) is 0 Å². The van der Waals surface area contributed by atoms with Gasteiger partial charge < -0.3 is 4.90 Å². The maximum Gasteiger partial charge on any atom is 0.433 e. The van der Waals surface area contributed by atoms with Crippen molar-refractivity contribution in [3.05, 3.63) is 47.8 Å². The van der Waals surface area contributed by atoms with Gasteiger partial charge in [-0.1, -0.05) is 13.8 Å². The highest BCUT2D eigenvalue weighted by molar-refractivity contribution is 5.46. The van der Waals surface area contributed by atoms with E-state index in [0.29, 0.717) is 12.2 Å². The van der Waals surface area contributed by atoms with Gasteiger partial charge in [-0.05, 0) is 12.1 Å². The lowest BCUT2D eigenvalue weighted by molar-refractivity contribution is -0.141. The Bertz CT molecular complexity index is 623. The smallest absolute Gasteiger partial charge is 0.370 e. The Labute approximate surface area is 127 Å². The second-order valence-electron chi connectivity index (χ2n) is 5.36. The van der Waals surface area contributed by atoms with E-state index >= 15 is 0 Å². The van der Waals surface area contributed by atoms with Crippen LogP contribution in [0.15, 0.2) is 30.7 Å². The van der Waals surface area contributed by atoms with E-state index in [2.05, 4.69) is 15.0 Å². The first kappa shape index (κ1) is 16.2. The fourth-order valence-electron chi connectivity index (χ4n) is 1.92. The van der Waals surface area contributed by atoms with Gasteiger partial charge in [0.1, 0.15) is 11.5 Å². The number of nitrogens with zero attached hydrogens (tertiary/aromatic N) is 4. The topological polar surface area (TPSA) is 41.9 Å². The zero-order valence-electron chi connectivity index (χ0n) is 12.6. The Morgan fingerprint density at radius 2 is 1.77 bits per heavy atom. The van der Waals surface area contributed by atoms with Crippen molar-refractivity contribution in [2.75, 3.05) is 11.9 Å². The van der Waals surface area contributed by atoms with Gasteiger partial charge in [0.05, 0.1) is 0 Å². The van der Waals surface area contributed by atoms with E-state index in [1.54, 1.807) is 30.4 Å². The second kappa shape index (κ2) is 6.29. The minimum absolute atomic E-state index is 0.237. The van der Waals surface area contributed by atoms with Crippen LogP contribution in [0.1, 0.15) is 36.8 Å². The predicted octanol–water partition coefficient (Wildman–Crippen LogP) is 3.65. The van der Waals surface area contributed by atoms with Crippen molar-refractivity contribution in [2.45, 2.75) is 32.5 Å². The van der Waals surface area contributed by atoms with Crippen LogP contribution in [0, 0.1) is 0 Å². The molecule has 0 aromatic carbocycles. The van der Waals surface area contributed by atoms with Crippen LogP contribution in [-0.2, 0) is 12.7 Å². The standard InChI is InChI=1S/C15H17F3N4/c1-10(2)14-20-7-11(8-21-14)9-22(3)12-4-5-19-13(6-12)15(16,17)18/h4-8,10H,9H2,1-3H3. The summed E-state index contributed by atoms with van der Waals surface area (Å²) >= 11 is 0. The van der Waals surface area contributed by atoms with Gasteiger partial charge in [-0.3, -0.25) is 4.98 Å². The second-order valence-corrected chi connectivity index (χ2v) is 5.36. The fourth-order valence-corrected chi connectivity index (χ4v) is 1.92. The molecule has 118 valence electrons. The van der Waals surface area contributed by atoms with Gasteiger partial charge in [0, 0.05) is 49.4 Å². The Kier molecular flexibility index (Phi) is 4.63. The van der Waals surface area contributed by atoms with Gasteiger partial charge >= 0.3 is 6.18 Å². The lowest BCUT2D eigenvalue weighted by Crippen LogP contribution is -2.18. The van der Waals surface area contributed by atoms with Crippen LogP contribution in [0.4, 0.5) is 18.9 Å². The molecule has 2 rings (SSSR count). The van der Waals surface area contributed by atoms with E-state index in [1.807, 2.05) is 13.8 Å². The van der Waals surface area contributed by atoms with E-state index < -0.39 is 11.9 Å². The normalized spacial score (nSPS) is 11.8. The van der Waals surface area contributed by atoms with Crippen molar-refractivity contribution in [3.8, 4) is 0 Å². The first-order chi connectivity index (χ1) is 10.3. The average Bonchev–Trinajstić information content (AvgIpc) is 2.47. The highest BCUT2D eigenvalue weighted by atomic mass is 19.4. The molecule has 0 spiro atoms. The van der Waals surface area contributed by atoms with E-state index in [0.717, 1.165) is 23.7 Å². The van der Waals surface area contributed by atoms with Crippen LogP contribution >= 0.6 is 0 Å². The van der Waals surface area contributed by atoms with Crippen LogP contribution in [0.5, 0.6) is 0 Å². The quantitative estimate of drug-likeness (QED) is 0.864. The number of pyridine rings is 1. The number of rotatable bonds is 4. The molecular formula is C15H17F3N4. The summed E-state index contributed by atoms with van der Waals surface area (Å²) in [7, 11) is 1.71. The SMILES string of the molecule is CC(C)c1ncc(CN(C)c2ccnc(C(F)(F)F)c2)cn1. The molecule has 0 N–H and O–H groups in total. The predicted molar refractivity (Wildman–Crippen MR) is 77.5 cm³/mol. The molecule has 0 bridgehead atoms. The van der Waals surface area contributed by atoms with Crippen LogP contribution in [-0.4, -0.2) is 22.0 Å². The summed E-state index contributed by atoms with van der Waals surface area (Å²) in [4.78, 5) is 13.6. The number of hydrogen-bond acceptors (Lipinski definition) is 4. The molecule has 0 aliphatic heterocycles. The van der Waals surface area contributed by atoms with Crippen molar-refractivity contribution in [1.29, 1.82) is 0 Å². The molecule has 0 saturated carbocycles. The number of hydrogen-bond donors (Lipinski definition) is 0. The van der Waals surface area contributed by atoms with Crippen LogP contribution < -0.4 is 4.90 Å². The summed E-state index contributed by atoms with van der Waals surface area (Å²) in [5.41, 5.74) is 0.371. The minimum Gasteiger partial charge on any atom is -0.370 e. The van der Waals surface area contributed by atoms with E-state index in [4.69, 9.17) is 0 Å². The van der Waals surface area contributed by atoms with Gasteiger partial charge in [-0.25, -0.2) is 9.97 Å². The number of anilines is 1. The van der Waals surface area contributed by atoms with Crippen LogP contribution in [0.25, 0.3) is 0 Å². The van der Waals surface area contributed by atoms with Crippen molar-refractivity contribution in [2.24, 2.45) is 0 Å². The molecule has 22 heavy (non-hydrogen) atoms. The molecule has 0 amide bonds. The highest BCUT2D eigenvalue weighted by Crippen LogP contribution is 2.29. The first-order valence-corrected chi connectivity index (χ1v) is 6.82. The van der Waals surface area contributed by atoms with Gasteiger partial charge in [0.2, 0.25) is 0 Å². The Balaban J connectivity index is 2.13. The molecule has 2 aromatic rings. The van der Waals surface area contributed by atoms with Crippen LogP contribution in [0.2, 0.25) is 0 Å². The molecule has 0 atom stereocenters. The third kappa shape index (κ3) is 3.93. The third-order valence-corrected chi connectivity index (χ3v) is 3.14. The molecule has 2 aromatic heterocycles. The monoisotopic (exact) mass is 310 g/mol. The van der Waals surface area contributed by atoms with Crippen LogP contribution in [0.3, 0.4) is 0 Å². The van der Waals surface area contributed by atoms with E-state index in [1.165, 1.54) is 0 Å². The molecule has 4 nitrogen and oxygen atoms in total. The lowest BCUT2D eigenvalue weighted by atomic mass is 10.2. The molecule has 0 unspecified atom stereocenters. The number of alkyl halides is 3. The van der Waals surface area contributed by atoms with Gasteiger partial charge in [0.15, 0.2) is 0 Å². The van der Waals surface area contributed by atoms with Gasteiger partial charge in [-0.15, -0.1) is 0 Å². The summed E-state index contributed by atoms with van der Waals surface area (Å²) in [5.74, 6) is 0.982. The summed E-state index contributed by atoms with van der Waals surface area (Å²) in [6.07, 6.45) is 0.112.